The van der Waals surface area contributed by atoms with Crippen molar-refractivity contribution in [1.82, 2.24) is 5.01 Å². The van der Waals surface area contributed by atoms with Crippen molar-refractivity contribution in [3.63, 3.8) is 0 Å². The highest BCUT2D eigenvalue weighted by Gasteiger charge is 2.67. The molecule has 2 amide bonds. The van der Waals surface area contributed by atoms with Gasteiger partial charge in [0.1, 0.15) is 0 Å². The number of carbonyl (C=O) groups excluding carboxylic acids is 2. The van der Waals surface area contributed by atoms with E-state index in [1.165, 1.54) is 6.21 Å². The van der Waals surface area contributed by atoms with E-state index < -0.39 is 0 Å². The second-order valence-corrected chi connectivity index (χ2v) is 7.47. The molecule has 1 saturated heterocycles. The molecule has 1 aliphatic heterocycles. The number of ether oxygens (including phenoxy) is 2. The molecule has 4 aliphatic carbocycles. The average Bonchev–Trinajstić information content (AvgIpc) is 3.45. The van der Waals surface area contributed by atoms with E-state index >= 15 is 0 Å². The predicted octanol–water partition coefficient (Wildman–Crippen LogP) is 2.09. The summed E-state index contributed by atoms with van der Waals surface area (Å²) in [5, 5.41) is 5.32. The minimum absolute atomic E-state index is 0.164. The lowest BCUT2D eigenvalue weighted by atomic mass is 9.63. The lowest BCUT2D eigenvalue weighted by Crippen LogP contribution is -2.40. The molecule has 5 aliphatic rings. The van der Waals surface area contributed by atoms with Crippen LogP contribution in [0.5, 0.6) is 11.5 Å². The third-order valence-corrected chi connectivity index (χ3v) is 6.39. The Labute approximate surface area is 151 Å². The molecule has 3 fully saturated rings. The molecule has 6 heteroatoms. The van der Waals surface area contributed by atoms with E-state index in [-0.39, 0.29) is 35.5 Å². The van der Waals surface area contributed by atoms with Gasteiger partial charge in [-0.1, -0.05) is 18.2 Å². The summed E-state index contributed by atoms with van der Waals surface area (Å²) in [6.07, 6.45) is 6.97. The van der Waals surface area contributed by atoms with Crippen LogP contribution in [0.3, 0.4) is 0 Å². The van der Waals surface area contributed by atoms with Crippen molar-refractivity contribution in [3.8, 4) is 11.5 Å². The number of carbonyl (C=O) groups is 2. The van der Waals surface area contributed by atoms with Crippen LogP contribution in [0.2, 0.25) is 0 Å². The summed E-state index contributed by atoms with van der Waals surface area (Å²) >= 11 is 0. The van der Waals surface area contributed by atoms with Crippen molar-refractivity contribution in [1.29, 1.82) is 0 Å². The standard InChI is InChI=1S/C20H20N2O4/c1-25-15-5-3-4-10(18(15)26-2)9-21-22-19(23)16-11-6-7-12(14-8-13(11)14)17(16)20(22)24/h3-7,9,11-14,16-17H,8H2,1-2H3/b21-9-/t11-,12-,13-,14+,16+,17-/m1/s1. The number of nitrogens with zero attached hydrogens (tertiary/aromatic N) is 2. The number of methoxy groups -OCH3 is 2. The molecule has 0 unspecified atom stereocenters. The summed E-state index contributed by atoms with van der Waals surface area (Å²) in [6, 6.07) is 5.41. The van der Waals surface area contributed by atoms with Gasteiger partial charge in [0.05, 0.1) is 32.3 Å². The van der Waals surface area contributed by atoms with Crippen LogP contribution in [0.15, 0.2) is 35.5 Å². The third-order valence-electron chi connectivity index (χ3n) is 6.39. The number of para-hydroxylation sites is 1. The van der Waals surface area contributed by atoms with Crippen LogP contribution >= 0.6 is 0 Å². The van der Waals surface area contributed by atoms with Gasteiger partial charge in [-0.25, -0.2) is 0 Å². The Morgan fingerprint density at radius 2 is 1.69 bits per heavy atom. The van der Waals surface area contributed by atoms with Crippen molar-refractivity contribution < 1.29 is 19.1 Å². The summed E-state index contributed by atoms with van der Waals surface area (Å²) in [5.74, 6) is 1.90. The molecule has 2 bridgehead atoms. The molecule has 2 saturated carbocycles. The number of hydrogen-bond donors (Lipinski definition) is 0. The normalized spacial score (nSPS) is 36.5. The van der Waals surface area contributed by atoms with Crippen molar-refractivity contribution in [3.05, 3.63) is 35.9 Å². The molecule has 6 nitrogen and oxygen atoms in total. The Balaban J connectivity index is 1.45. The largest absolute Gasteiger partial charge is 0.493 e. The third kappa shape index (κ3) is 1.95. The molecule has 1 aromatic rings. The summed E-state index contributed by atoms with van der Waals surface area (Å²) in [4.78, 5) is 25.8. The molecule has 0 radical (unpaired) electrons. The van der Waals surface area contributed by atoms with E-state index in [0.29, 0.717) is 28.9 Å². The maximum Gasteiger partial charge on any atom is 0.254 e. The molecular weight excluding hydrogens is 332 g/mol. The summed E-state index contributed by atoms with van der Waals surface area (Å²) < 4.78 is 10.7. The van der Waals surface area contributed by atoms with Crippen LogP contribution < -0.4 is 9.47 Å². The van der Waals surface area contributed by atoms with Crippen molar-refractivity contribution in [2.75, 3.05) is 14.2 Å². The highest BCUT2D eigenvalue weighted by Crippen LogP contribution is 2.65. The lowest BCUT2D eigenvalue weighted by Gasteiger charge is -2.37. The van der Waals surface area contributed by atoms with Gasteiger partial charge in [-0.05, 0) is 42.2 Å². The van der Waals surface area contributed by atoms with Crippen molar-refractivity contribution in [2.24, 2.45) is 40.6 Å². The number of rotatable bonds is 4. The van der Waals surface area contributed by atoms with Crippen LogP contribution in [0.4, 0.5) is 0 Å². The Hall–Kier alpha value is -2.63. The molecule has 1 aromatic carbocycles. The summed E-state index contributed by atoms with van der Waals surface area (Å²) in [5.41, 5.74) is 0.659. The molecular formula is C20H20N2O4. The fraction of sp³-hybridized carbons (Fsp3) is 0.450. The molecule has 26 heavy (non-hydrogen) atoms. The molecule has 0 aromatic heterocycles. The topological polar surface area (TPSA) is 68.2 Å². The number of amides is 2. The number of imide groups is 1. The van der Waals surface area contributed by atoms with E-state index in [1.807, 2.05) is 12.1 Å². The van der Waals surface area contributed by atoms with E-state index in [4.69, 9.17) is 9.47 Å². The van der Waals surface area contributed by atoms with Gasteiger partial charge in [0, 0.05) is 5.56 Å². The number of allylic oxidation sites excluding steroid dienone is 2. The summed E-state index contributed by atoms with van der Waals surface area (Å²) in [6.45, 7) is 0. The fourth-order valence-electron chi connectivity index (χ4n) is 5.19. The maximum absolute atomic E-state index is 12.9. The first-order valence-corrected chi connectivity index (χ1v) is 8.96. The van der Waals surface area contributed by atoms with Gasteiger partial charge in [-0.2, -0.15) is 10.1 Å². The van der Waals surface area contributed by atoms with E-state index in [0.717, 1.165) is 11.4 Å². The van der Waals surface area contributed by atoms with E-state index in [9.17, 15) is 9.59 Å². The molecule has 6 rings (SSSR count). The van der Waals surface area contributed by atoms with Gasteiger partial charge in [0.25, 0.3) is 11.8 Å². The number of hydrogen-bond acceptors (Lipinski definition) is 5. The molecule has 0 spiro atoms. The zero-order valence-corrected chi connectivity index (χ0v) is 14.7. The highest BCUT2D eigenvalue weighted by molar-refractivity contribution is 6.06. The Kier molecular flexibility index (Phi) is 3.26. The lowest BCUT2D eigenvalue weighted by molar-refractivity contribution is -0.140. The van der Waals surface area contributed by atoms with Crippen LogP contribution in [0.1, 0.15) is 12.0 Å². The maximum atomic E-state index is 12.9. The van der Waals surface area contributed by atoms with Gasteiger partial charge in [-0.15, -0.1) is 0 Å². The van der Waals surface area contributed by atoms with Crippen LogP contribution in [-0.2, 0) is 9.59 Å². The number of hydrazone groups is 1. The Morgan fingerprint density at radius 1 is 1.04 bits per heavy atom. The van der Waals surface area contributed by atoms with E-state index in [1.54, 1.807) is 20.3 Å². The van der Waals surface area contributed by atoms with Gasteiger partial charge >= 0.3 is 0 Å². The SMILES string of the molecule is COc1cccc(/C=N\N2C(=O)[C@@H]3[C@@H]4C=C[C@H]([C@H]5C[C@@H]45)[C@@H]3C2=O)c1OC. The van der Waals surface area contributed by atoms with Crippen LogP contribution in [0.25, 0.3) is 0 Å². The van der Waals surface area contributed by atoms with Crippen LogP contribution in [-0.4, -0.2) is 37.3 Å². The minimum atomic E-state index is -0.231. The first-order valence-electron chi connectivity index (χ1n) is 8.96. The quantitative estimate of drug-likeness (QED) is 0.473. The molecule has 134 valence electrons. The smallest absolute Gasteiger partial charge is 0.254 e. The zero-order chi connectivity index (χ0) is 18.0. The van der Waals surface area contributed by atoms with Gasteiger partial charge < -0.3 is 9.47 Å². The highest BCUT2D eigenvalue weighted by atomic mass is 16.5. The van der Waals surface area contributed by atoms with Gasteiger partial charge in [0.15, 0.2) is 11.5 Å². The number of benzene rings is 1. The second-order valence-electron chi connectivity index (χ2n) is 7.47. The fourth-order valence-corrected chi connectivity index (χ4v) is 5.19. The summed E-state index contributed by atoms with van der Waals surface area (Å²) in [7, 11) is 3.11. The van der Waals surface area contributed by atoms with Gasteiger partial charge in [-0.3, -0.25) is 9.59 Å². The minimum Gasteiger partial charge on any atom is -0.493 e. The average molecular weight is 352 g/mol. The molecule has 0 N–H and O–H groups in total. The molecule has 1 heterocycles. The van der Waals surface area contributed by atoms with Crippen molar-refractivity contribution in [2.45, 2.75) is 6.42 Å². The monoisotopic (exact) mass is 352 g/mol. The van der Waals surface area contributed by atoms with Gasteiger partial charge in [0.2, 0.25) is 0 Å². The first kappa shape index (κ1) is 15.6. The first-order chi connectivity index (χ1) is 12.7. The van der Waals surface area contributed by atoms with Crippen LogP contribution in [0, 0.1) is 35.5 Å². The predicted molar refractivity (Wildman–Crippen MR) is 93.7 cm³/mol. The van der Waals surface area contributed by atoms with E-state index in [2.05, 4.69) is 17.3 Å². The Morgan fingerprint density at radius 3 is 2.27 bits per heavy atom. The van der Waals surface area contributed by atoms with Crippen molar-refractivity contribution >= 4 is 18.0 Å². The Bertz CT molecular complexity index is 825. The zero-order valence-electron chi connectivity index (χ0n) is 14.7. The molecule has 6 atom stereocenters. The second kappa shape index (κ2) is 5.43.